The van der Waals surface area contributed by atoms with Crippen molar-refractivity contribution < 1.29 is 17.9 Å². The fraction of sp³-hybridized carbons (Fsp3) is 0.438. The molecular weight excluding hydrogens is 392 g/mol. The third kappa shape index (κ3) is 5.21. The Kier molecular flexibility index (Phi) is 6.02. The van der Waals surface area contributed by atoms with Gasteiger partial charge in [0.1, 0.15) is 0 Å². The summed E-state index contributed by atoms with van der Waals surface area (Å²) in [6.07, 6.45) is 2.98. The Morgan fingerprint density at radius 3 is 2.78 bits per heavy atom. The molecule has 2 heterocycles. The molecule has 1 aliphatic heterocycles. The molecule has 1 aromatic carbocycles. The number of H-pyrrole nitrogens is 1. The zero-order chi connectivity index (χ0) is 19.4. The number of aromatic amines is 1. The van der Waals surface area contributed by atoms with E-state index in [1.165, 1.54) is 28.8 Å². The van der Waals surface area contributed by atoms with Gasteiger partial charge in [-0.1, -0.05) is 11.8 Å². The number of thioether (sulfide) groups is 1. The molecule has 9 nitrogen and oxygen atoms in total. The molecule has 1 fully saturated rings. The molecule has 3 rings (SSSR count). The molecule has 1 unspecified atom stereocenters. The van der Waals surface area contributed by atoms with Crippen LogP contribution in [0.4, 0.5) is 5.69 Å². The number of hydrogen-bond acceptors (Lipinski definition) is 7. The zero-order valence-corrected chi connectivity index (χ0v) is 16.3. The molecule has 1 saturated heterocycles. The number of amides is 1. The maximum atomic E-state index is 12.1. The Labute approximate surface area is 160 Å². The van der Waals surface area contributed by atoms with Crippen molar-refractivity contribution in [3.05, 3.63) is 34.7 Å². The maximum Gasteiger partial charge on any atom is 0.344 e. The summed E-state index contributed by atoms with van der Waals surface area (Å²) in [5.74, 6) is -0.227. The van der Waals surface area contributed by atoms with E-state index in [9.17, 15) is 18.0 Å². The summed E-state index contributed by atoms with van der Waals surface area (Å²) in [6.45, 7) is 1.10. The first kappa shape index (κ1) is 19.6. The van der Waals surface area contributed by atoms with Crippen LogP contribution < -0.4 is 11.0 Å². The van der Waals surface area contributed by atoms with Gasteiger partial charge in [-0.25, -0.2) is 18.3 Å². The number of carbonyl (C=O) groups is 1. The molecule has 0 radical (unpaired) electrons. The van der Waals surface area contributed by atoms with Gasteiger partial charge in [0.05, 0.1) is 23.3 Å². The average molecular weight is 412 g/mol. The largest absolute Gasteiger partial charge is 0.376 e. The second-order valence-electron chi connectivity index (χ2n) is 6.19. The highest BCUT2D eigenvalue weighted by Gasteiger charge is 2.20. The predicted octanol–water partition coefficient (Wildman–Crippen LogP) is 0.885. The molecule has 0 aliphatic carbocycles. The molecule has 11 heteroatoms. The normalized spacial score (nSPS) is 17.1. The van der Waals surface area contributed by atoms with Crippen molar-refractivity contribution >= 4 is 33.2 Å². The van der Waals surface area contributed by atoms with E-state index in [1.54, 1.807) is 0 Å². The van der Waals surface area contributed by atoms with Crippen LogP contribution in [-0.2, 0) is 25.9 Å². The van der Waals surface area contributed by atoms with E-state index in [0.29, 0.717) is 24.0 Å². The quantitative estimate of drug-likeness (QED) is 0.647. The maximum absolute atomic E-state index is 12.1. The lowest BCUT2D eigenvalue weighted by molar-refractivity contribution is -0.113. The zero-order valence-electron chi connectivity index (χ0n) is 14.7. The molecule has 1 aliphatic rings. The van der Waals surface area contributed by atoms with Crippen molar-refractivity contribution in [3.8, 4) is 0 Å². The second-order valence-corrected chi connectivity index (χ2v) is 9.15. The smallest absolute Gasteiger partial charge is 0.344 e. The topological polar surface area (TPSA) is 123 Å². The Bertz CT molecular complexity index is 959. The van der Waals surface area contributed by atoms with Gasteiger partial charge in [0.15, 0.2) is 15.0 Å². The van der Waals surface area contributed by atoms with Crippen LogP contribution >= 0.6 is 11.8 Å². The number of carbonyl (C=O) groups excluding carboxylic acids is 1. The third-order valence-corrected chi connectivity index (χ3v) is 6.14. The first-order chi connectivity index (χ1) is 12.8. The molecular formula is C16H20N4O5S2. The van der Waals surface area contributed by atoms with Crippen LogP contribution in [0.5, 0.6) is 0 Å². The molecule has 1 amide bonds. The minimum absolute atomic E-state index is 0.0122. The van der Waals surface area contributed by atoms with Crippen LogP contribution in [0, 0.1) is 0 Å². The number of benzene rings is 1. The summed E-state index contributed by atoms with van der Waals surface area (Å²) < 4.78 is 29.9. The lowest BCUT2D eigenvalue weighted by Gasteiger charge is -2.11. The fourth-order valence-electron chi connectivity index (χ4n) is 2.68. The van der Waals surface area contributed by atoms with E-state index in [4.69, 9.17) is 4.74 Å². The molecule has 2 aromatic rings. The summed E-state index contributed by atoms with van der Waals surface area (Å²) >= 11 is 1.14. The monoisotopic (exact) mass is 412 g/mol. The van der Waals surface area contributed by atoms with Crippen molar-refractivity contribution in [2.24, 2.45) is 0 Å². The minimum Gasteiger partial charge on any atom is -0.376 e. The number of anilines is 1. The highest BCUT2D eigenvalue weighted by molar-refractivity contribution is 7.99. The summed E-state index contributed by atoms with van der Waals surface area (Å²) in [4.78, 5) is 24.2. The Hall–Kier alpha value is -2.11. The average Bonchev–Trinajstić information content (AvgIpc) is 3.24. The summed E-state index contributed by atoms with van der Waals surface area (Å²) in [7, 11) is -3.28. The Morgan fingerprint density at radius 1 is 1.41 bits per heavy atom. The number of hydrogen-bond donors (Lipinski definition) is 2. The van der Waals surface area contributed by atoms with Gasteiger partial charge in [-0.15, -0.1) is 5.10 Å². The van der Waals surface area contributed by atoms with Crippen molar-refractivity contribution in [2.45, 2.75) is 35.5 Å². The molecule has 0 saturated carbocycles. The number of sulfone groups is 1. The second kappa shape index (κ2) is 8.28. The van der Waals surface area contributed by atoms with Gasteiger partial charge in [-0.2, -0.15) is 0 Å². The molecule has 0 spiro atoms. The SMILES string of the molecule is CS(=O)(=O)c1ccc(NC(=O)CSc2n[nH]c(=O)n2CC2CCCO2)cc1. The predicted molar refractivity (Wildman–Crippen MR) is 101 cm³/mol. The van der Waals surface area contributed by atoms with E-state index in [0.717, 1.165) is 30.9 Å². The van der Waals surface area contributed by atoms with Gasteiger partial charge < -0.3 is 10.1 Å². The molecule has 1 atom stereocenters. The summed E-state index contributed by atoms with van der Waals surface area (Å²) in [6, 6.07) is 5.93. The summed E-state index contributed by atoms with van der Waals surface area (Å²) in [5.41, 5.74) is 0.163. The first-order valence-corrected chi connectivity index (χ1v) is 11.2. The van der Waals surface area contributed by atoms with E-state index in [1.807, 2.05) is 0 Å². The number of nitrogens with zero attached hydrogens (tertiary/aromatic N) is 2. The van der Waals surface area contributed by atoms with Crippen molar-refractivity contribution in [3.63, 3.8) is 0 Å². The van der Waals surface area contributed by atoms with Crippen LogP contribution in [0.25, 0.3) is 0 Å². The van der Waals surface area contributed by atoms with Crippen LogP contribution in [-0.4, -0.2) is 53.8 Å². The highest BCUT2D eigenvalue weighted by atomic mass is 32.2. The van der Waals surface area contributed by atoms with Gasteiger partial charge in [-0.3, -0.25) is 9.36 Å². The lowest BCUT2D eigenvalue weighted by Crippen LogP contribution is -2.25. The van der Waals surface area contributed by atoms with Crippen LogP contribution in [0.1, 0.15) is 12.8 Å². The minimum atomic E-state index is -3.28. The molecule has 27 heavy (non-hydrogen) atoms. The molecule has 1 aromatic heterocycles. The van der Waals surface area contributed by atoms with E-state index in [-0.39, 0.29) is 28.3 Å². The van der Waals surface area contributed by atoms with Crippen molar-refractivity contribution in [2.75, 3.05) is 23.9 Å². The van der Waals surface area contributed by atoms with Gasteiger partial charge >= 0.3 is 5.69 Å². The molecule has 2 N–H and O–H groups in total. The highest BCUT2D eigenvalue weighted by Crippen LogP contribution is 2.19. The van der Waals surface area contributed by atoms with Gasteiger partial charge in [-0.05, 0) is 37.1 Å². The van der Waals surface area contributed by atoms with Gasteiger partial charge in [0.2, 0.25) is 5.91 Å². The number of nitrogens with one attached hydrogen (secondary N) is 2. The van der Waals surface area contributed by atoms with E-state index in [2.05, 4.69) is 15.5 Å². The van der Waals surface area contributed by atoms with Crippen LogP contribution in [0.2, 0.25) is 0 Å². The van der Waals surface area contributed by atoms with E-state index >= 15 is 0 Å². The lowest BCUT2D eigenvalue weighted by atomic mass is 10.2. The molecule has 146 valence electrons. The van der Waals surface area contributed by atoms with E-state index < -0.39 is 9.84 Å². The Balaban J connectivity index is 1.57. The van der Waals surface area contributed by atoms with Gasteiger partial charge in [0, 0.05) is 18.6 Å². The van der Waals surface area contributed by atoms with Gasteiger partial charge in [0.25, 0.3) is 0 Å². The first-order valence-electron chi connectivity index (χ1n) is 8.32. The Morgan fingerprint density at radius 2 is 2.15 bits per heavy atom. The number of aromatic nitrogens is 3. The number of rotatable bonds is 7. The van der Waals surface area contributed by atoms with Crippen molar-refractivity contribution in [1.29, 1.82) is 0 Å². The fourth-order valence-corrected chi connectivity index (χ4v) is 4.07. The molecule has 0 bridgehead atoms. The van der Waals surface area contributed by atoms with Crippen LogP contribution in [0.3, 0.4) is 0 Å². The van der Waals surface area contributed by atoms with Crippen LogP contribution in [0.15, 0.2) is 39.1 Å². The third-order valence-electron chi connectivity index (χ3n) is 4.03. The standard InChI is InChI=1S/C16H20N4O5S2/c1-27(23,24)13-6-4-11(5-7-13)17-14(21)10-26-16-19-18-15(22)20(16)9-12-3-2-8-25-12/h4-7,12H,2-3,8-10H2,1H3,(H,17,21)(H,18,22). The number of ether oxygens (including phenoxy) is 1. The van der Waals surface area contributed by atoms with Crippen molar-refractivity contribution in [1.82, 2.24) is 14.8 Å². The summed E-state index contributed by atoms with van der Waals surface area (Å²) in [5, 5.41) is 9.47.